The molecule has 14 heavy (non-hydrogen) atoms. The average molecular weight is 188 g/mol. The number of nitriles is 1. The highest BCUT2D eigenvalue weighted by molar-refractivity contribution is 5.39. The summed E-state index contributed by atoms with van der Waals surface area (Å²) in [5, 5.41) is 16.4. The van der Waals surface area contributed by atoms with Crippen LogP contribution in [0.5, 0.6) is 0 Å². The van der Waals surface area contributed by atoms with E-state index >= 15 is 0 Å². The van der Waals surface area contributed by atoms with Gasteiger partial charge in [-0.2, -0.15) is 5.26 Å². The molecule has 0 amide bonds. The standard InChI is InChI=1S/C10H12N4/c11-8-9-4-5-10(13-12-9)14-6-2-1-3-7-14/h4-5H,1-3,6-7H2. The summed E-state index contributed by atoms with van der Waals surface area (Å²) < 4.78 is 0. The first-order valence-corrected chi connectivity index (χ1v) is 4.89. The summed E-state index contributed by atoms with van der Waals surface area (Å²) in [6.07, 6.45) is 3.75. The van der Waals surface area contributed by atoms with Gasteiger partial charge in [-0.05, 0) is 31.4 Å². The summed E-state index contributed by atoms with van der Waals surface area (Å²) in [5.74, 6) is 0.892. The van der Waals surface area contributed by atoms with Crippen LogP contribution in [0.1, 0.15) is 25.0 Å². The Bertz CT molecular complexity index is 332. The molecule has 0 aromatic carbocycles. The summed E-state index contributed by atoms with van der Waals surface area (Å²) in [7, 11) is 0. The molecule has 0 radical (unpaired) electrons. The maximum atomic E-state index is 8.57. The second-order valence-electron chi connectivity index (χ2n) is 3.44. The van der Waals surface area contributed by atoms with Gasteiger partial charge < -0.3 is 4.90 Å². The largest absolute Gasteiger partial charge is 0.355 e. The van der Waals surface area contributed by atoms with E-state index in [0.29, 0.717) is 5.69 Å². The van der Waals surface area contributed by atoms with Crippen LogP contribution in [-0.4, -0.2) is 23.3 Å². The van der Waals surface area contributed by atoms with E-state index in [1.807, 2.05) is 12.1 Å². The number of hydrogen-bond acceptors (Lipinski definition) is 4. The van der Waals surface area contributed by atoms with Crippen molar-refractivity contribution >= 4 is 5.82 Å². The Balaban J connectivity index is 2.12. The second-order valence-corrected chi connectivity index (χ2v) is 3.44. The Morgan fingerprint density at radius 2 is 1.93 bits per heavy atom. The van der Waals surface area contributed by atoms with Crippen molar-refractivity contribution in [3.05, 3.63) is 17.8 Å². The van der Waals surface area contributed by atoms with Crippen molar-refractivity contribution in [3.63, 3.8) is 0 Å². The van der Waals surface area contributed by atoms with Crippen molar-refractivity contribution < 1.29 is 0 Å². The second kappa shape index (κ2) is 4.05. The molecule has 1 saturated heterocycles. The van der Waals surface area contributed by atoms with Gasteiger partial charge in [0.05, 0.1) is 0 Å². The summed E-state index contributed by atoms with van der Waals surface area (Å²) in [6.45, 7) is 2.11. The number of hydrogen-bond donors (Lipinski definition) is 0. The van der Waals surface area contributed by atoms with Gasteiger partial charge in [0, 0.05) is 13.1 Å². The molecule has 72 valence electrons. The SMILES string of the molecule is N#Cc1ccc(N2CCCCC2)nn1. The Morgan fingerprint density at radius 3 is 2.50 bits per heavy atom. The third-order valence-corrected chi connectivity index (χ3v) is 2.45. The topological polar surface area (TPSA) is 52.8 Å². The lowest BCUT2D eigenvalue weighted by atomic mass is 10.1. The molecule has 1 aromatic rings. The number of anilines is 1. The number of nitrogens with zero attached hydrogens (tertiary/aromatic N) is 4. The van der Waals surface area contributed by atoms with Crippen LogP contribution >= 0.6 is 0 Å². The van der Waals surface area contributed by atoms with Gasteiger partial charge in [0.15, 0.2) is 11.5 Å². The van der Waals surface area contributed by atoms with Crippen LogP contribution in [0.4, 0.5) is 5.82 Å². The quantitative estimate of drug-likeness (QED) is 0.667. The van der Waals surface area contributed by atoms with E-state index in [4.69, 9.17) is 5.26 Å². The monoisotopic (exact) mass is 188 g/mol. The Labute approximate surface area is 83.2 Å². The summed E-state index contributed by atoms with van der Waals surface area (Å²) >= 11 is 0. The van der Waals surface area contributed by atoms with Crippen LogP contribution in [0.25, 0.3) is 0 Å². The first-order valence-electron chi connectivity index (χ1n) is 4.89. The van der Waals surface area contributed by atoms with Gasteiger partial charge >= 0.3 is 0 Å². The Morgan fingerprint density at radius 1 is 1.14 bits per heavy atom. The lowest BCUT2D eigenvalue weighted by Crippen LogP contribution is -2.30. The zero-order valence-electron chi connectivity index (χ0n) is 7.98. The van der Waals surface area contributed by atoms with Gasteiger partial charge in [-0.25, -0.2) is 0 Å². The zero-order chi connectivity index (χ0) is 9.80. The van der Waals surface area contributed by atoms with E-state index in [9.17, 15) is 0 Å². The van der Waals surface area contributed by atoms with Crippen molar-refractivity contribution in [3.8, 4) is 6.07 Å². The van der Waals surface area contributed by atoms with Crippen LogP contribution in [0.3, 0.4) is 0 Å². The minimum atomic E-state index is 0.380. The molecular formula is C10H12N4. The molecule has 0 N–H and O–H groups in total. The van der Waals surface area contributed by atoms with E-state index in [-0.39, 0.29) is 0 Å². The zero-order valence-corrected chi connectivity index (χ0v) is 7.98. The molecule has 0 bridgehead atoms. The summed E-state index contributed by atoms with van der Waals surface area (Å²) in [5.41, 5.74) is 0.380. The summed E-state index contributed by atoms with van der Waals surface area (Å²) in [6, 6.07) is 5.56. The lowest BCUT2D eigenvalue weighted by molar-refractivity contribution is 0.571. The average Bonchev–Trinajstić information content (AvgIpc) is 2.30. The molecule has 0 aliphatic carbocycles. The molecule has 0 saturated carbocycles. The van der Waals surface area contributed by atoms with Crippen molar-refractivity contribution in [2.24, 2.45) is 0 Å². The van der Waals surface area contributed by atoms with Gasteiger partial charge in [-0.3, -0.25) is 0 Å². The smallest absolute Gasteiger partial charge is 0.163 e. The van der Waals surface area contributed by atoms with Crippen LogP contribution < -0.4 is 4.90 Å². The molecule has 1 aliphatic rings. The number of aromatic nitrogens is 2. The van der Waals surface area contributed by atoms with Gasteiger partial charge in [0.1, 0.15) is 6.07 Å². The minimum absolute atomic E-state index is 0.380. The maximum Gasteiger partial charge on any atom is 0.163 e. The van der Waals surface area contributed by atoms with Crippen molar-refractivity contribution in [2.75, 3.05) is 18.0 Å². The van der Waals surface area contributed by atoms with E-state index < -0.39 is 0 Å². The molecule has 2 rings (SSSR count). The Kier molecular flexibility index (Phi) is 2.59. The predicted molar refractivity (Wildman–Crippen MR) is 52.8 cm³/mol. The van der Waals surface area contributed by atoms with Crippen LogP contribution in [-0.2, 0) is 0 Å². The highest BCUT2D eigenvalue weighted by Gasteiger charge is 2.11. The van der Waals surface area contributed by atoms with Crippen molar-refractivity contribution in [1.29, 1.82) is 5.26 Å². The maximum absolute atomic E-state index is 8.57. The lowest BCUT2D eigenvalue weighted by Gasteiger charge is -2.26. The van der Waals surface area contributed by atoms with E-state index in [1.165, 1.54) is 19.3 Å². The molecule has 1 aliphatic heterocycles. The molecule has 0 atom stereocenters. The Hall–Kier alpha value is -1.63. The van der Waals surface area contributed by atoms with Crippen molar-refractivity contribution in [1.82, 2.24) is 10.2 Å². The van der Waals surface area contributed by atoms with Crippen LogP contribution in [0.2, 0.25) is 0 Å². The minimum Gasteiger partial charge on any atom is -0.355 e. The number of rotatable bonds is 1. The van der Waals surface area contributed by atoms with Gasteiger partial charge in [-0.15, -0.1) is 10.2 Å². The third kappa shape index (κ3) is 1.82. The van der Waals surface area contributed by atoms with E-state index in [1.54, 1.807) is 6.07 Å². The number of piperidine rings is 1. The molecule has 1 aromatic heterocycles. The normalized spacial score (nSPS) is 16.4. The highest BCUT2D eigenvalue weighted by Crippen LogP contribution is 2.16. The van der Waals surface area contributed by atoms with Gasteiger partial charge in [-0.1, -0.05) is 0 Å². The van der Waals surface area contributed by atoms with Crippen molar-refractivity contribution in [2.45, 2.75) is 19.3 Å². The molecule has 0 unspecified atom stereocenters. The highest BCUT2D eigenvalue weighted by atomic mass is 15.3. The van der Waals surface area contributed by atoms with Crippen LogP contribution in [0.15, 0.2) is 12.1 Å². The third-order valence-electron chi connectivity index (χ3n) is 2.45. The first kappa shape index (κ1) is 8.95. The van der Waals surface area contributed by atoms with Crippen LogP contribution in [0, 0.1) is 11.3 Å². The molecule has 4 nitrogen and oxygen atoms in total. The molecule has 1 fully saturated rings. The predicted octanol–water partition coefficient (Wildman–Crippen LogP) is 1.34. The summed E-state index contributed by atoms with van der Waals surface area (Å²) in [4.78, 5) is 2.22. The van der Waals surface area contributed by atoms with Gasteiger partial charge in [0.2, 0.25) is 0 Å². The fraction of sp³-hybridized carbons (Fsp3) is 0.500. The fourth-order valence-electron chi connectivity index (χ4n) is 1.68. The first-order chi connectivity index (χ1) is 6.90. The van der Waals surface area contributed by atoms with Gasteiger partial charge in [0.25, 0.3) is 0 Å². The molecule has 2 heterocycles. The molecule has 0 spiro atoms. The molecule has 4 heteroatoms. The fourth-order valence-corrected chi connectivity index (χ4v) is 1.68. The van der Waals surface area contributed by atoms with E-state index in [2.05, 4.69) is 15.1 Å². The van der Waals surface area contributed by atoms with E-state index in [0.717, 1.165) is 18.9 Å². The molecular weight excluding hydrogens is 176 g/mol.